The van der Waals surface area contributed by atoms with Crippen molar-refractivity contribution in [3.8, 4) is 0 Å². The smallest absolute Gasteiger partial charge is 0.0801 e. The zero-order chi connectivity index (χ0) is 36.0. The van der Waals surface area contributed by atoms with Crippen molar-refractivity contribution in [2.75, 3.05) is 10.2 Å². The summed E-state index contributed by atoms with van der Waals surface area (Å²) in [5, 5.41) is 16.3. The van der Waals surface area contributed by atoms with Crippen LogP contribution in [-0.2, 0) is 5.54 Å². The van der Waals surface area contributed by atoms with Crippen LogP contribution >= 0.6 is 0 Å². The first kappa shape index (κ1) is 41.1. The maximum Gasteiger partial charge on any atom is 0.0801 e. The Morgan fingerprint density at radius 3 is 1.75 bits per heavy atom. The molecule has 0 aliphatic carbocycles. The van der Waals surface area contributed by atoms with E-state index in [2.05, 4.69) is 134 Å². The lowest BCUT2D eigenvalue weighted by Gasteiger charge is -2.53. The van der Waals surface area contributed by atoms with Crippen molar-refractivity contribution >= 4 is 11.4 Å². The molecule has 0 radical (unpaired) electrons. The van der Waals surface area contributed by atoms with Crippen LogP contribution in [0.15, 0.2) is 18.2 Å². The number of hydrogen-bond acceptors (Lipinski definition) is 6. The van der Waals surface area contributed by atoms with Crippen molar-refractivity contribution in [3.05, 3.63) is 23.8 Å². The summed E-state index contributed by atoms with van der Waals surface area (Å²) >= 11 is 0. The molecule has 2 heterocycles. The molecular formula is C42H80N6. The Bertz CT molecular complexity index is 1090. The summed E-state index contributed by atoms with van der Waals surface area (Å²) in [6.45, 7) is 30.6. The molecule has 0 bridgehead atoms. The molecule has 6 N–H and O–H groups in total. The van der Waals surface area contributed by atoms with E-state index < -0.39 is 0 Å². The average Bonchev–Trinajstić information content (AvgIpc) is 2.93. The first-order chi connectivity index (χ1) is 22.3. The maximum absolute atomic E-state index is 7.25. The summed E-state index contributed by atoms with van der Waals surface area (Å²) in [5.74, 6) is 0. The highest BCUT2D eigenvalue weighted by Crippen LogP contribution is 2.40. The van der Waals surface area contributed by atoms with Crippen molar-refractivity contribution < 1.29 is 0 Å². The third kappa shape index (κ3) is 11.9. The van der Waals surface area contributed by atoms with E-state index in [1.807, 2.05) is 0 Å². The predicted octanol–water partition coefficient (Wildman–Crippen LogP) is 9.96. The van der Waals surface area contributed by atoms with Gasteiger partial charge in [0.05, 0.1) is 6.17 Å². The second-order valence-electron chi connectivity index (χ2n) is 18.7. The third-order valence-corrected chi connectivity index (χ3v) is 11.3. The van der Waals surface area contributed by atoms with E-state index in [1.54, 1.807) is 0 Å². The molecule has 278 valence electrons. The van der Waals surface area contributed by atoms with Gasteiger partial charge in [0.2, 0.25) is 0 Å². The molecule has 1 aromatic carbocycles. The van der Waals surface area contributed by atoms with Crippen LogP contribution in [0.4, 0.5) is 11.4 Å². The molecule has 3 rings (SSSR count). The summed E-state index contributed by atoms with van der Waals surface area (Å²) in [6, 6.07) is 8.56. The number of rotatable bonds is 18. The Kier molecular flexibility index (Phi) is 14.4. The van der Waals surface area contributed by atoms with Crippen molar-refractivity contribution in [1.29, 1.82) is 0 Å². The van der Waals surface area contributed by atoms with E-state index >= 15 is 0 Å². The quantitative estimate of drug-likeness (QED) is 0.0792. The van der Waals surface area contributed by atoms with E-state index in [1.165, 1.54) is 61.9 Å². The van der Waals surface area contributed by atoms with Gasteiger partial charge in [-0.15, -0.1) is 0 Å². The fourth-order valence-electron chi connectivity index (χ4n) is 9.56. The van der Waals surface area contributed by atoms with Crippen LogP contribution in [0, 0.1) is 0 Å². The number of nitrogens with one attached hydrogen (secondary N) is 4. The van der Waals surface area contributed by atoms with Gasteiger partial charge in [0.25, 0.3) is 0 Å². The lowest BCUT2D eigenvalue weighted by Crippen LogP contribution is -2.67. The molecule has 1 aromatic rings. The minimum absolute atomic E-state index is 0.0360. The fraction of sp³-hybridized carbons (Fsp3) is 0.857. The van der Waals surface area contributed by atoms with Gasteiger partial charge < -0.3 is 26.6 Å². The molecule has 0 spiro atoms. The van der Waals surface area contributed by atoms with E-state index in [4.69, 9.17) is 5.73 Å². The zero-order valence-corrected chi connectivity index (χ0v) is 34.0. The largest absolute Gasteiger partial charge is 0.383 e. The van der Waals surface area contributed by atoms with Gasteiger partial charge in [-0.05, 0) is 137 Å². The molecule has 2 aliphatic heterocycles. The highest BCUT2D eigenvalue weighted by molar-refractivity contribution is 5.63. The molecule has 0 saturated carbocycles. The van der Waals surface area contributed by atoms with Crippen LogP contribution in [0.25, 0.3) is 0 Å². The molecular weight excluding hydrogens is 589 g/mol. The summed E-state index contributed by atoms with van der Waals surface area (Å²) in [6.07, 6.45) is 16.4. The molecule has 0 amide bonds. The SMILES string of the molecule is CCCCCC(C)Nc1cc(N(C2CC(C)(C)NC(C)(C)C2)C(CCCCC)NC2CC(C)(C)NC(C)(C)C2)cc(C(N)(CC)CC)c1. The monoisotopic (exact) mass is 669 g/mol. The lowest BCUT2D eigenvalue weighted by atomic mass is 9.78. The van der Waals surface area contributed by atoms with Crippen molar-refractivity contribution in [3.63, 3.8) is 0 Å². The van der Waals surface area contributed by atoms with Gasteiger partial charge in [-0.3, -0.25) is 5.32 Å². The topological polar surface area (TPSA) is 77.4 Å². The van der Waals surface area contributed by atoms with Crippen LogP contribution in [-0.4, -0.2) is 46.4 Å². The van der Waals surface area contributed by atoms with Gasteiger partial charge in [-0.25, -0.2) is 0 Å². The average molecular weight is 669 g/mol. The zero-order valence-electron chi connectivity index (χ0n) is 34.0. The van der Waals surface area contributed by atoms with Crippen molar-refractivity contribution in [1.82, 2.24) is 16.0 Å². The molecule has 6 nitrogen and oxygen atoms in total. The fourth-order valence-corrected chi connectivity index (χ4v) is 9.56. The standard InChI is InChI=1S/C42H80N6/c1-14-18-20-22-31(5)44-33-24-32(42(43,16-3)17-4)25-35(26-33)48(36-29-40(10,11)47-41(12,13)30-36)37(23-21-19-15-2)45-34-27-38(6,7)46-39(8,9)28-34/h24-26,31,34,36-37,44-47H,14-23,27-30,43H2,1-13H3. The van der Waals surface area contributed by atoms with Crippen LogP contribution in [0.3, 0.4) is 0 Å². The number of nitrogens with two attached hydrogens (primary N) is 1. The van der Waals surface area contributed by atoms with Crippen LogP contribution in [0.2, 0.25) is 0 Å². The highest BCUT2D eigenvalue weighted by Gasteiger charge is 2.44. The molecule has 6 heteroatoms. The first-order valence-electron chi connectivity index (χ1n) is 20.1. The minimum atomic E-state index is -0.357. The van der Waals surface area contributed by atoms with Crippen LogP contribution < -0.4 is 31.9 Å². The van der Waals surface area contributed by atoms with Gasteiger partial charge >= 0.3 is 0 Å². The summed E-state index contributed by atoms with van der Waals surface area (Å²) in [7, 11) is 0. The summed E-state index contributed by atoms with van der Waals surface area (Å²) in [4.78, 5) is 2.85. The molecule has 2 unspecified atom stereocenters. The van der Waals surface area contributed by atoms with Gasteiger partial charge in [-0.2, -0.15) is 0 Å². The minimum Gasteiger partial charge on any atom is -0.383 e. The maximum atomic E-state index is 7.25. The number of piperidine rings is 2. The Labute approximate surface area is 298 Å². The molecule has 48 heavy (non-hydrogen) atoms. The number of benzene rings is 1. The van der Waals surface area contributed by atoms with E-state index in [0.717, 1.165) is 44.9 Å². The van der Waals surface area contributed by atoms with Gasteiger partial charge in [-0.1, -0.05) is 66.2 Å². The molecule has 2 saturated heterocycles. The molecule has 2 fully saturated rings. The van der Waals surface area contributed by atoms with Crippen LogP contribution in [0.5, 0.6) is 0 Å². The number of hydrogen-bond donors (Lipinski definition) is 5. The van der Waals surface area contributed by atoms with Gasteiger partial charge in [0, 0.05) is 57.2 Å². The normalized spacial score (nSPS) is 22.3. The molecule has 2 atom stereocenters. The molecule has 2 aliphatic rings. The molecule has 0 aromatic heterocycles. The summed E-state index contributed by atoms with van der Waals surface area (Å²) < 4.78 is 0. The Hall–Kier alpha value is -1.34. The summed E-state index contributed by atoms with van der Waals surface area (Å²) in [5.41, 5.74) is 11.0. The lowest BCUT2D eigenvalue weighted by molar-refractivity contribution is 0.126. The van der Waals surface area contributed by atoms with Gasteiger partial charge in [0.15, 0.2) is 0 Å². The Morgan fingerprint density at radius 2 is 1.25 bits per heavy atom. The number of unbranched alkanes of at least 4 members (excludes halogenated alkanes) is 4. The highest BCUT2D eigenvalue weighted by atomic mass is 15.3. The van der Waals surface area contributed by atoms with Gasteiger partial charge in [0.1, 0.15) is 0 Å². The second-order valence-corrected chi connectivity index (χ2v) is 18.7. The van der Waals surface area contributed by atoms with Crippen molar-refractivity contribution in [2.24, 2.45) is 5.73 Å². The van der Waals surface area contributed by atoms with Crippen molar-refractivity contribution in [2.45, 2.75) is 232 Å². The number of anilines is 2. The third-order valence-electron chi connectivity index (χ3n) is 11.3. The Morgan fingerprint density at radius 1 is 0.750 bits per heavy atom. The van der Waals surface area contributed by atoms with E-state index in [0.29, 0.717) is 18.1 Å². The van der Waals surface area contributed by atoms with E-state index in [9.17, 15) is 0 Å². The Balaban J connectivity index is 2.20. The second kappa shape index (κ2) is 16.8. The first-order valence-corrected chi connectivity index (χ1v) is 20.1. The van der Waals surface area contributed by atoms with Crippen LogP contribution in [0.1, 0.15) is 185 Å². The predicted molar refractivity (Wildman–Crippen MR) is 212 cm³/mol. The number of nitrogens with zero attached hydrogens (tertiary/aromatic N) is 1. The van der Waals surface area contributed by atoms with E-state index in [-0.39, 0.29) is 33.9 Å².